The van der Waals surface area contributed by atoms with E-state index in [1.54, 1.807) is 0 Å². The van der Waals surface area contributed by atoms with Crippen molar-refractivity contribution >= 4 is 10.9 Å². The van der Waals surface area contributed by atoms with Crippen LogP contribution < -0.4 is 0 Å². The first-order valence-corrected chi connectivity index (χ1v) is 6.25. The summed E-state index contributed by atoms with van der Waals surface area (Å²) in [6.07, 6.45) is 1.99. The third kappa shape index (κ3) is 1.84. The van der Waals surface area contributed by atoms with Crippen molar-refractivity contribution in [2.24, 2.45) is 7.05 Å². The Bertz CT molecular complexity index is 550. The molecule has 2 rings (SSSR count). The van der Waals surface area contributed by atoms with Gasteiger partial charge in [0.1, 0.15) is 0 Å². The Morgan fingerprint density at radius 3 is 2.18 bits per heavy atom. The summed E-state index contributed by atoms with van der Waals surface area (Å²) >= 11 is 0. The quantitative estimate of drug-likeness (QED) is 0.791. The second-order valence-corrected chi connectivity index (χ2v) is 5.35. The van der Waals surface area contributed by atoms with Crippen molar-refractivity contribution in [3.8, 4) is 0 Å². The number of hydrogen-bond donors (Lipinski definition) is 0. The number of nitrogens with zero attached hydrogens (tertiary/aromatic N) is 3. The Morgan fingerprint density at radius 1 is 1.06 bits per heavy atom. The summed E-state index contributed by atoms with van der Waals surface area (Å²) in [5.74, 6) is 0.890. The van der Waals surface area contributed by atoms with Crippen molar-refractivity contribution in [1.29, 1.82) is 0 Å². The third-order valence-corrected chi connectivity index (χ3v) is 3.28. The van der Waals surface area contributed by atoms with E-state index in [9.17, 15) is 0 Å². The Morgan fingerprint density at radius 2 is 1.65 bits per heavy atom. The van der Waals surface area contributed by atoms with E-state index in [1.165, 1.54) is 22.2 Å². The fourth-order valence-corrected chi connectivity index (χ4v) is 2.49. The maximum absolute atomic E-state index is 4.63. The molecule has 0 unspecified atom stereocenters. The minimum atomic E-state index is 0.435. The van der Waals surface area contributed by atoms with Crippen LogP contribution >= 0.6 is 0 Å². The maximum Gasteiger partial charge on any atom is 0.0745 e. The van der Waals surface area contributed by atoms with E-state index < -0.39 is 0 Å². The van der Waals surface area contributed by atoms with Gasteiger partial charge in [0.25, 0.3) is 0 Å². The number of aromatic nitrogens is 3. The van der Waals surface area contributed by atoms with Crippen LogP contribution in [0.25, 0.3) is 10.9 Å². The van der Waals surface area contributed by atoms with Gasteiger partial charge >= 0.3 is 0 Å². The second-order valence-electron chi connectivity index (χ2n) is 5.35. The highest BCUT2D eigenvalue weighted by Gasteiger charge is 2.17. The fraction of sp³-hybridized carbons (Fsp3) is 0.571. The van der Waals surface area contributed by atoms with Crippen LogP contribution in [0.15, 0.2) is 6.20 Å². The molecule has 0 atom stereocenters. The lowest BCUT2D eigenvalue weighted by Gasteiger charge is -2.10. The molecule has 0 saturated heterocycles. The number of pyridine rings is 1. The molecular weight excluding hydrogens is 210 g/mol. The van der Waals surface area contributed by atoms with Gasteiger partial charge in [0, 0.05) is 24.3 Å². The van der Waals surface area contributed by atoms with Crippen LogP contribution in [-0.4, -0.2) is 14.8 Å². The van der Waals surface area contributed by atoms with Gasteiger partial charge in [0.15, 0.2) is 0 Å². The smallest absolute Gasteiger partial charge is 0.0745 e. The van der Waals surface area contributed by atoms with Crippen LogP contribution in [0.1, 0.15) is 56.5 Å². The molecule has 0 aliphatic heterocycles. The van der Waals surface area contributed by atoms with E-state index >= 15 is 0 Å². The molecular formula is C14H21N3. The van der Waals surface area contributed by atoms with E-state index in [0.717, 1.165) is 5.69 Å². The SMILES string of the molecule is Cc1c(C(C)C)ncc2c(C(C)C)nn(C)c12. The highest BCUT2D eigenvalue weighted by Crippen LogP contribution is 2.29. The molecule has 0 spiro atoms. The first kappa shape index (κ1) is 12.1. The van der Waals surface area contributed by atoms with E-state index in [1.807, 2.05) is 17.9 Å². The van der Waals surface area contributed by atoms with Crippen molar-refractivity contribution in [2.75, 3.05) is 0 Å². The molecule has 0 aliphatic carbocycles. The Hall–Kier alpha value is -1.38. The fourth-order valence-electron chi connectivity index (χ4n) is 2.49. The topological polar surface area (TPSA) is 30.7 Å². The van der Waals surface area contributed by atoms with Gasteiger partial charge in [-0.25, -0.2) is 0 Å². The summed E-state index contributed by atoms with van der Waals surface area (Å²) in [6.45, 7) is 10.9. The largest absolute Gasteiger partial charge is 0.267 e. The van der Waals surface area contributed by atoms with E-state index in [4.69, 9.17) is 0 Å². The zero-order valence-electron chi connectivity index (χ0n) is 11.6. The average molecular weight is 231 g/mol. The van der Waals surface area contributed by atoms with Crippen LogP contribution in [0.4, 0.5) is 0 Å². The molecule has 0 bridgehead atoms. The predicted octanol–water partition coefficient (Wildman–Crippen LogP) is 3.52. The summed E-state index contributed by atoms with van der Waals surface area (Å²) in [5, 5.41) is 5.83. The van der Waals surface area contributed by atoms with Gasteiger partial charge in [-0.1, -0.05) is 27.7 Å². The van der Waals surface area contributed by atoms with Gasteiger partial charge in [-0.05, 0) is 24.3 Å². The first-order chi connectivity index (χ1) is 7.93. The number of rotatable bonds is 2. The summed E-state index contributed by atoms with van der Waals surface area (Å²) in [6, 6.07) is 0. The minimum absolute atomic E-state index is 0.435. The van der Waals surface area contributed by atoms with E-state index in [-0.39, 0.29) is 0 Å². The van der Waals surface area contributed by atoms with Crippen LogP contribution in [0.5, 0.6) is 0 Å². The van der Waals surface area contributed by atoms with Gasteiger partial charge in [-0.2, -0.15) is 5.10 Å². The summed E-state index contributed by atoms with van der Waals surface area (Å²) in [4.78, 5) is 4.61. The third-order valence-electron chi connectivity index (χ3n) is 3.28. The normalized spacial score (nSPS) is 12.0. The average Bonchev–Trinajstić information content (AvgIpc) is 2.56. The van der Waals surface area contributed by atoms with Crippen LogP contribution in [0.2, 0.25) is 0 Å². The molecule has 3 heteroatoms. The maximum atomic E-state index is 4.63. The van der Waals surface area contributed by atoms with E-state index in [0.29, 0.717) is 11.8 Å². The Balaban J connectivity index is 2.79. The molecule has 2 aromatic rings. The number of fused-ring (bicyclic) bond motifs is 1. The molecule has 92 valence electrons. The molecule has 0 saturated carbocycles. The number of aryl methyl sites for hydroxylation is 2. The Kier molecular flexibility index (Phi) is 2.94. The lowest BCUT2D eigenvalue weighted by Crippen LogP contribution is -1.99. The zero-order chi connectivity index (χ0) is 12.7. The highest BCUT2D eigenvalue weighted by molar-refractivity contribution is 5.85. The molecule has 0 aliphatic rings. The predicted molar refractivity (Wildman–Crippen MR) is 71.4 cm³/mol. The van der Waals surface area contributed by atoms with Crippen molar-refractivity contribution in [1.82, 2.24) is 14.8 Å². The van der Waals surface area contributed by atoms with Gasteiger partial charge in [0.2, 0.25) is 0 Å². The molecule has 2 heterocycles. The summed E-state index contributed by atoms with van der Waals surface area (Å²) in [5.41, 5.74) is 4.82. The molecule has 2 aromatic heterocycles. The van der Waals surface area contributed by atoms with Gasteiger partial charge in [-0.3, -0.25) is 9.67 Å². The molecule has 0 amide bonds. The van der Waals surface area contributed by atoms with Crippen LogP contribution in [0, 0.1) is 6.92 Å². The first-order valence-electron chi connectivity index (χ1n) is 6.25. The summed E-state index contributed by atoms with van der Waals surface area (Å²) in [7, 11) is 2.02. The second kappa shape index (κ2) is 4.13. The molecule has 0 N–H and O–H groups in total. The van der Waals surface area contributed by atoms with Crippen molar-refractivity contribution in [3.05, 3.63) is 23.1 Å². The van der Waals surface area contributed by atoms with Crippen molar-refractivity contribution in [3.63, 3.8) is 0 Å². The van der Waals surface area contributed by atoms with Crippen molar-refractivity contribution < 1.29 is 0 Å². The van der Waals surface area contributed by atoms with E-state index in [2.05, 4.69) is 44.7 Å². The standard InChI is InChI=1S/C14H21N3/c1-8(2)12-10(5)14-11(7-15-12)13(9(3)4)16-17(14)6/h7-9H,1-6H3. The minimum Gasteiger partial charge on any atom is -0.267 e. The van der Waals surface area contributed by atoms with Gasteiger partial charge in [-0.15, -0.1) is 0 Å². The lowest BCUT2D eigenvalue weighted by atomic mass is 10.0. The van der Waals surface area contributed by atoms with Crippen LogP contribution in [0.3, 0.4) is 0 Å². The monoisotopic (exact) mass is 231 g/mol. The number of hydrogen-bond acceptors (Lipinski definition) is 2. The Labute approximate surface area is 103 Å². The summed E-state index contributed by atoms with van der Waals surface area (Å²) < 4.78 is 1.99. The molecule has 0 aromatic carbocycles. The van der Waals surface area contributed by atoms with Crippen LogP contribution in [-0.2, 0) is 7.05 Å². The zero-order valence-corrected chi connectivity index (χ0v) is 11.6. The lowest BCUT2D eigenvalue weighted by molar-refractivity contribution is 0.726. The van der Waals surface area contributed by atoms with Crippen molar-refractivity contribution in [2.45, 2.75) is 46.5 Å². The highest BCUT2D eigenvalue weighted by atomic mass is 15.3. The molecule has 17 heavy (non-hydrogen) atoms. The molecule has 3 nitrogen and oxygen atoms in total. The molecule has 0 fully saturated rings. The van der Waals surface area contributed by atoms with Gasteiger partial charge < -0.3 is 0 Å². The van der Waals surface area contributed by atoms with Gasteiger partial charge in [0.05, 0.1) is 11.2 Å². The molecule has 0 radical (unpaired) electrons.